The van der Waals surface area contributed by atoms with E-state index in [1.54, 1.807) is 6.20 Å². The topological polar surface area (TPSA) is 80.3 Å². The Balaban J connectivity index is 1.47. The molecule has 0 spiro atoms. The van der Waals surface area contributed by atoms with E-state index in [0.717, 1.165) is 41.6 Å². The number of likely N-dealkylation sites (N-methyl/N-ethyl adjacent to an activating group) is 1. The first-order valence-corrected chi connectivity index (χ1v) is 9.37. The van der Waals surface area contributed by atoms with Crippen LogP contribution in [0.15, 0.2) is 41.0 Å². The monoisotopic (exact) mass is 416 g/mol. The van der Waals surface area contributed by atoms with Crippen molar-refractivity contribution in [1.29, 1.82) is 0 Å². The third-order valence-electron chi connectivity index (χ3n) is 4.73. The van der Waals surface area contributed by atoms with Gasteiger partial charge in [-0.1, -0.05) is 12.1 Å². The van der Waals surface area contributed by atoms with Gasteiger partial charge in [0.1, 0.15) is 0 Å². The highest BCUT2D eigenvalue weighted by Crippen LogP contribution is 2.26. The maximum absolute atomic E-state index is 10.5. The van der Waals surface area contributed by atoms with Gasteiger partial charge in [0.05, 0.1) is 5.39 Å². The summed E-state index contributed by atoms with van der Waals surface area (Å²) < 4.78 is 0.862. The maximum Gasteiger partial charge on any atom is 0.159 e. The fourth-order valence-corrected chi connectivity index (χ4v) is 3.46. The highest BCUT2D eigenvalue weighted by Gasteiger charge is 2.16. The third-order valence-corrected chi connectivity index (χ3v) is 5.17. The number of hydrogen-bond acceptors (Lipinski definition) is 6. The zero-order valence-corrected chi connectivity index (χ0v) is 16.1. The number of H-pyrrole nitrogens is 1. The molecule has 0 radical (unpaired) electrons. The van der Waals surface area contributed by atoms with Crippen molar-refractivity contribution in [2.45, 2.75) is 6.23 Å². The van der Waals surface area contributed by atoms with E-state index in [0.29, 0.717) is 11.5 Å². The lowest BCUT2D eigenvalue weighted by Gasteiger charge is -2.34. The number of piperazine rings is 1. The minimum absolute atomic E-state index is 0.574. The Morgan fingerprint density at radius 3 is 2.65 bits per heavy atom. The minimum Gasteiger partial charge on any atom is -0.369 e. The van der Waals surface area contributed by atoms with E-state index in [2.05, 4.69) is 65.4 Å². The van der Waals surface area contributed by atoms with E-state index in [4.69, 9.17) is 0 Å². The number of halogens is 1. The van der Waals surface area contributed by atoms with Crippen LogP contribution in [0.3, 0.4) is 0 Å². The smallest absolute Gasteiger partial charge is 0.159 e. The van der Waals surface area contributed by atoms with Crippen LogP contribution in [0, 0.1) is 0 Å². The number of aromatic amines is 1. The first kappa shape index (κ1) is 17.3. The molecule has 26 heavy (non-hydrogen) atoms. The second kappa shape index (κ2) is 7.22. The predicted octanol–water partition coefficient (Wildman–Crippen LogP) is 2.58. The molecule has 1 atom stereocenters. The van der Waals surface area contributed by atoms with Gasteiger partial charge >= 0.3 is 0 Å². The Labute approximate surface area is 160 Å². The van der Waals surface area contributed by atoms with E-state index in [9.17, 15) is 5.11 Å². The van der Waals surface area contributed by atoms with Crippen molar-refractivity contribution in [3.8, 4) is 0 Å². The Bertz CT molecular complexity index is 888. The van der Waals surface area contributed by atoms with E-state index >= 15 is 0 Å². The molecule has 1 unspecified atom stereocenters. The van der Waals surface area contributed by atoms with E-state index in [1.807, 2.05) is 18.2 Å². The lowest BCUT2D eigenvalue weighted by Crippen LogP contribution is -2.44. The number of aliphatic hydroxyl groups is 1. The zero-order valence-electron chi connectivity index (χ0n) is 14.5. The summed E-state index contributed by atoms with van der Waals surface area (Å²) in [5.41, 5.74) is 2.66. The summed E-state index contributed by atoms with van der Waals surface area (Å²) in [5.74, 6) is 0.574. The summed E-state index contributed by atoms with van der Waals surface area (Å²) in [6, 6.07) is 9.94. The normalized spacial score (nSPS) is 16.8. The molecule has 1 fully saturated rings. The van der Waals surface area contributed by atoms with Crippen molar-refractivity contribution in [3.63, 3.8) is 0 Å². The van der Waals surface area contributed by atoms with Gasteiger partial charge in [-0.05, 0) is 41.2 Å². The second-order valence-electron chi connectivity index (χ2n) is 6.55. The minimum atomic E-state index is -0.845. The summed E-state index contributed by atoms with van der Waals surface area (Å²) in [5, 5.41) is 21.5. The largest absolute Gasteiger partial charge is 0.369 e. The van der Waals surface area contributed by atoms with E-state index < -0.39 is 6.23 Å². The molecular formula is C18H21BrN6O. The summed E-state index contributed by atoms with van der Waals surface area (Å²) >= 11 is 3.41. The molecule has 1 aromatic carbocycles. The number of nitrogens with one attached hydrogen (secondary N) is 2. The maximum atomic E-state index is 10.5. The molecule has 1 aliphatic heterocycles. The van der Waals surface area contributed by atoms with Crippen LogP contribution >= 0.6 is 15.9 Å². The average molecular weight is 417 g/mol. The number of hydrogen-bond donors (Lipinski definition) is 3. The Morgan fingerprint density at radius 2 is 1.92 bits per heavy atom. The highest BCUT2D eigenvalue weighted by molar-refractivity contribution is 9.10. The van der Waals surface area contributed by atoms with Gasteiger partial charge < -0.3 is 20.2 Å². The molecule has 7 nitrogen and oxygen atoms in total. The average Bonchev–Trinajstić information content (AvgIpc) is 3.04. The molecule has 3 aromatic rings. The quantitative estimate of drug-likeness (QED) is 0.567. The SMILES string of the molecule is CN1CCN(c2ccc(C(O)Nc3n[nH]c4ncc(Br)cc34)cc2)CC1. The molecule has 3 heterocycles. The summed E-state index contributed by atoms with van der Waals surface area (Å²) in [4.78, 5) is 8.96. The molecular weight excluding hydrogens is 396 g/mol. The summed E-state index contributed by atoms with van der Waals surface area (Å²) in [6.07, 6.45) is 0.861. The number of nitrogens with zero attached hydrogens (tertiary/aromatic N) is 4. The van der Waals surface area contributed by atoms with Gasteiger partial charge in [0.25, 0.3) is 0 Å². The van der Waals surface area contributed by atoms with Gasteiger partial charge in [0.15, 0.2) is 17.7 Å². The van der Waals surface area contributed by atoms with E-state index in [-0.39, 0.29) is 0 Å². The molecule has 3 N–H and O–H groups in total. The molecule has 8 heteroatoms. The van der Waals surface area contributed by atoms with E-state index in [1.165, 1.54) is 5.69 Å². The van der Waals surface area contributed by atoms with Gasteiger partial charge in [0, 0.05) is 48.1 Å². The molecule has 2 aromatic heterocycles. The molecule has 1 aliphatic rings. The number of anilines is 2. The molecule has 0 aliphatic carbocycles. The number of benzene rings is 1. The molecule has 0 bridgehead atoms. The third kappa shape index (κ3) is 3.53. The summed E-state index contributed by atoms with van der Waals surface area (Å²) in [6.45, 7) is 4.19. The van der Waals surface area contributed by atoms with Gasteiger partial charge in [-0.25, -0.2) is 4.98 Å². The highest BCUT2D eigenvalue weighted by atomic mass is 79.9. The fraction of sp³-hybridized carbons (Fsp3) is 0.333. The van der Waals surface area contributed by atoms with Gasteiger partial charge in [-0.15, -0.1) is 0 Å². The molecule has 136 valence electrons. The Kier molecular flexibility index (Phi) is 4.80. The van der Waals surface area contributed by atoms with Crippen LogP contribution in [0.25, 0.3) is 11.0 Å². The van der Waals surface area contributed by atoms with Crippen molar-refractivity contribution >= 4 is 38.5 Å². The van der Waals surface area contributed by atoms with Crippen molar-refractivity contribution in [3.05, 3.63) is 46.6 Å². The Morgan fingerprint density at radius 1 is 1.19 bits per heavy atom. The molecule has 1 saturated heterocycles. The van der Waals surface area contributed by atoms with Crippen LogP contribution in [0.5, 0.6) is 0 Å². The number of aliphatic hydroxyl groups excluding tert-OH is 1. The van der Waals surface area contributed by atoms with Crippen LogP contribution in [-0.2, 0) is 0 Å². The van der Waals surface area contributed by atoms with Gasteiger partial charge in [-0.2, -0.15) is 5.10 Å². The standard InChI is InChI=1S/C18H21BrN6O/c1-24-6-8-25(9-7-24)14-4-2-12(3-5-14)18(26)21-17-15-10-13(19)11-20-16(15)22-23-17/h2-5,10-11,18,26H,6-9H2,1H3,(H2,20,21,22,23). The lowest BCUT2D eigenvalue weighted by atomic mass is 10.1. The number of rotatable bonds is 4. The zero-order chi connectivity index (χ0) is 18.1. The molecule has 4 rings (SSSR count). The number of aromatic nitrogens is 3. The van der Waals surface area contributed by atoms with Crippen LogP contribution in [0.2, 0.25) is 0 Å². The van der Waals surface area contributed by atoms with Crippen molar-refractivity contribution in [1.82, 2.24) is 20.1 Å². The van der Waals surface area contributed by atoms with Crippen LogP contribution < -0.4 is 10.2 Å². The number of fused-ring (bicyclic) bond motifs is 1. The van der Waals surface area contributed by atoms with Crippen LogP contribution in [-0.4, -0.2) is 58.4 Å². The van der Waals surface area contributed by atoms with Gasteiger partial charge in [-0.3, -0.25) is 5.10 Å². The Hall–Kier alpha value is -2.16. The molecule has 0 saturated carbocycles. The molecule has 0 amide bonds. The predicted molar refractivity (Wildman–Crippen MR) is 106 cm³/mol. The first-order valence-electron chi connectivity index (χ1n) is 8.58. The lowest BCUT2D eigenvalue weighted by molar-refractivity contribution is 0.208. The second-order valence-corrected chi connectivity index (χ2v) is 7.47. The number of pyridine rings is 1. The van der Waals surface area contributed by atoms with Crippen molar-refractivity contribution in [2.75, 3.05) is 43.4 Å². The van der Waals surface area contributed by atoms with Gasteiger partial charge in [0.2, 0.25) is 0 Å². The van der Waals surface area contributed by atoms with Crippen molar-refractivity contribution in [2.24, 2.45) is 0 Å². The fourth-order valence-electron chi connectivity index (χ4n) is 3.13. The van der Waals surface area contributed by atoms with Crippen LogP contribution in [0.1, 0.15) is 11.8 Å². The first-order chi connectivity index (χ1) is 12.6. The van der Waals surface area contributed by atoms with Crippen LogP contribution in [0.4, 0.5) is 11.5 Å². The van der Waals surface area contributed by atoms with Crippen molar-refractivity contribution < 1.29 is 5.11 Å². The summed E-state index contributed by atoms with van der Waals surface area (Å²) in [7, 11) is 2.15.